The van der Waals surface area contributed by atoms with E-state index in [1.165, 1.54) is 18.1 Å². The first-order chi connectivity index (χ1) is 12.8. The van der Waals surface area contributed by atoms with Crippen LogP contribution in [0.3, 0.4) is 0 Å². The lowest BCUT2D eigenvalue weighted by Crippen LogP contribution is -2.47. The molecule has 0 saturated carbocycles. The molecule has 1 aromatic rings. The van der Waals surface area contributed by atoms with Gasteiger partial charge < -0.3 is 24.8 Å². The number of piperidine rings is 1. The highest BCUT2D eigenvalue weighted by Crippen LogP contribution is 2.29. The fourth-order valence-corrected chi connectivity index (χ4v) is 3.02. The maximum absolute atomic E-state index is 12.8. The molecule has 0 unspecified atom stereocenters. The monoisotopic (exact) mass is 378 g/mol. The Bertz CT molecular complexity index is 703. The predicted molar refractivity (Wildman–Crippen MR) is 98.1 cm³/mol. The van der Waals surface area contributed by atoms with Gasteiger partial charge in [-0.1, -0.05) is 0 Å². The van der Waals surface area contributed by atoms with Gasteiger partial charge in [-0.15, -0.1) is 0 Å². The van der Waals surface area contributed by atoms with E-state index in [9.17, 15) is 19.5 Å². The first-order valence-electron chi connectivity index (χ1n) is 8.97. The topological polar surface area (TPSA) is 105 Å². The molecular weight excluding hydrogens is 352 g/mol. The van der Waals surface area contributed by atoms with Crippen LogP contribution in [0.5, 0.6) is 11.5 Å². The highest BCUT2D eigenvalue weighted by atomic mass is 16.5. The summed E-state index contributed by atoms with van der Waals surface area (Å²) in [6.45, 7) is 3.94. The Balaban J connectivity index is 2.13. The zero-order valence-corrected chi connectivity index (χ0v) is 15.9. The molecule has 0 aromatic heterocycles. The van der Waals surface area contributed by atoms with Gasteiger partial charge in [-0.25, -0.2) is 4.79 Å². The van der Waals surface area contributed by atoms with E-state index in [2.05, 4.69) is 5.32 Å². The number of carboxylic acid groups (broad SMARTS) is 1. The molecule has 0 aliphatic carbocycles. The summed E-state index contributed by atoms with van der Waals surface area (Å²) < 4.78 is 10.7. The summed E-state index contributed by atoms with van der Waals surface area (Å²) >= 11 is 0. The van der Waals surface area contributed by atoms with Gasteiger partial charge in [0, 0.05) is 18.2 Å². The van der Waals surface area contributed by atoms with Crippen LogP contribution in [-0.4, -0.2) is 60.1 Å². The van der Waals surface area contributed by atoms with Crippen LogP contribution in [0.1, 0.15) is 43.5 Å². The summed E-state index contributed by atoms with van der Waals surface area (Å²) in [5.41, 5.74) is 0.319. The molecule has 1 atom stereocenters. The van der Waals surface area contributed by atoms with Crippen molar-refractivity contribution in [2.75, 3.05) is 20.3 Å². The van der Waals surface area contributed by atoms with E-state index in [4.69, 9.17) is 9.47 Å². The van der Waals surface area contributed by atoms with Crippen molar-refractivity contribution in [3.63, 3.8) is 0 Å². The molecular formula is C19H26N2O6. The third-order valence-corrected chi connectivity index (χ3v) is 4.27. The number of methoxy groups -OCH3 is 1. The number of hydrogen-bond acceptors (Lipinski definition) is 5. The van der Waals surface area contributed by atoms with Gasteiger partial charge in [-0.05, 0) is 51.3 Å². The Morgan fingerprint density at radius 3 is 2.63 bits per heavy atom. The van der Waals surface area contributed by atoms with E-state index in [0.29, 0.717) is 30.0 Å². The number of carboxylic acids is 1. The van der Waals surface area contributed by atoms with Crippen LogP contribution in [-0.2, 0) is 9.59 Å². The summed E-state index contributed by atoms with van der Waals surface area (Å²) in [4.78, 5) is 37.3. The minimum atomic E-state index is -0.994. The smallest absolute Gasteiger partial charge is 0.326 e. The van der Waals surface area contributed by atoms with Crippen LogP contribution in [0.25, 0.3) is 0 Å². The number of aliphatic carboxylic acids is 1. The van der Waals surface area contributed by atoms with Crippen molar-refractivity contribution >= 4 is 17.8 Å². The number of carbonyl (C=O) groups excluding carboxylic acids is 2. The normalized spacial score (nSPS) is 16.7. The largest absolute Gasteiger partial charge is 0.493 e. The third-order valence-electron chi connectivity index (χ3n) is 4.27. The van der Waals surface area contributed by atoms with Gasteiger partial charge in [0.25, 0.3) is 11.8 Å². The maximum Gasteiger partial charge on any atom is 0.326 e. The molecule has 0 radical (unpaired) electrons. The zero-order chi connectivity index (χ0) is 20.0. The lowest BCUT2D eigenvalue weighted by molar-refractivity contribution is -0.143. The average Bonchev–Trinajstić information content (AvgIpc) is 2.65. The fourth-order valence-electron chi connectivity index (χ4n) is 3.02. The molecule has 1 aliphatic rings. The van der Waals surface area contributed by atoms with Crippen LogP contribution in [0.15, 0.2) is 18.2 Å². The molecule has 1 heterocycles. The zero-order valence-electron chi connectivity index (χ0n) is 15.9. The van der Waals surface area contributed by atoms with Gasteiger partial charge in [-0.3, -0.25) is 9.59 Å². The number of rotatable bonds is 7. The molecule has 2 rings (SSSR count). The van der Waals surface area contributed by atoms with Crippen LogP contribution in [0, 0.1) is 0 Å². The first kappa shape index (κ1) is 20.5. The van der Waals surface area contributed by atoms with Crippen molar-refractivity contribution in [3.05, 3.63) is 23.8 Å². The van der Waals surface area contributed by atoms with Crippen molar-refractivity contribution in [2.45, 2.75) is 45.2 Å². The van der Waals surface area contributed by atoms with Crippen LogP contribution in [0.4, 0.5) is 0 Å². The van der Waals surface area contributed by atoms with Crippen LogP contribution >= 0.6 is 0 Å². The number of likely N-dealkylation sites (tertiary alicyclic amines) is 1. The third kappa shape index (κ3) is 5.35. The number of amides is 2. The highest BCUT2D eigenvalue weighted by Gasteiger charge is 2.32. The molecule has 148 valence electrons. The maximum atomic E-state index is 12.8. The number of carbonyl (C=O) groups is 3. The summed E-state index contributed by atoms with van der Waals surface area (Å²) in [6.07, 6.45) is 2.01. The molecule has 1 fully saturated rings. The molecule has 0 bridgehead atoms. The predicted octanol–water partition coefficient (Wildman–Crippen LogP) is 1.68. The molecule has 27 heavy (non-hydrogen) atoms. The molecule has 2 N–H and O–H groups in total. The quantitative estimate of drug-likeness (QED) is 0.748. The van der Waals surface area contributed by atoms with Gasteiger partial charge in [-0.2, -0.15) is 0 Å². The van der Waals surface area contributed by atoms with E-state index in [0.717, 1.165) is 12.8 Å². The molecule has 1 aliphatic heterocycles. The standard InChI is InChI=1S/C19H26N2O6/c1-12(2)20-17(22)11-27-15-8-7-13(10-16(15)26-3)18(23)21-9-5-4-6-14(21)19(24)25/h7-8,10,12,14H,4-6,9,11H2,1-3H3,(H,20,22)(H,24,25)/t14-/m1/s1. The van der Waals surface area contributed by atoms with E-state index in [-0.39, 0.29) is 24.5 Å². The van der Waals surface area contributed by atoms with Gasteiger partial charge in [0.15, 0.2) is 18.1 Å². The summed E-state index contributed by atoms with van der Waals surface area (Å²) in [5, 5.41) is 12.1. The van der Waals surface area contributed by atoms with Gasteiger partial charge in [0.1, 0.15) is 6.04 Å². The highest BCUT2D eigenvalue weighted by molar-refractivity contribution is 5.97. The van der Waals surface area contributed by atoms with Crippen molar-refractivity contribution in [3.8, 4) is 11.5 Å². The minimum Gasteiger partial charge on any atom is -0.493 e. The number of nitrogens with one attached hydrogen (secondary N) is 1. The molecule has 0 spiro atoms. The van der Waals surface area contributed by atoms with E-state index in [1.807, 2.05) is 13.8 Å². The summed E-state index contributed by atoms with van der Waals surface area (Å²) in [5.74, 6) is -0.969. The molecule has 1 aromatic carbocycles. The van der Waals surface area contributed by atoms with Crippen LogP contribution < -0.4 is 14.8 Å². The second-order valence-electron chi connectivity index (χ2n) is 6.72. The Morgan fingerprint density at radius 1 is 1.26 bits per heavy atom. The van der Waals surface area contributed by atoms with Crippen molar-refractivity contribution in [1.82, 2.24) is 10.2 Å². The number of nitrogens with zero attached hydrogens (tertiary/aromatic N) is 1. The molecule has 8 heteroatoms. The van der Waals surface area contributed by atoms with E-state index >= 15 is 0 Å². The van der Waals surface area contributed by atoms with Crippen LogP contribution in [0.2, 0.25) is 0 Å². The minimum absolute atomic E-state index is 0.00900. The summed E-state index contributed by atoms with van der Waals surface area (Å²) in [7, 11) is 1.44. The molecule has 2 amide bonds. The lowest BCUT2D eigenvalue weighted by atomic mass is 10.0. The summed E-state index contributed by atoms with van der Waals surface area (Å²) in [6, 6.07) is 3.80. The first-order valence-corrected chi connectivity index (χ1v) is 8.97. The Morgan fingerprint density at radius 2 is 2.00 bits per heavy atom. The van der Waals surface area contributed by atoms with Gasteiger partial charge in [0.2, 0.25) is 0 Å². The second kappa shape index (κ2) is 9.25. The molecule has 1 saturated heterocycles. The average molecular weight is 378 g/mol. The van der Waals surface area contributed by atoms with Crippen molar-refractivity contribution in [2.24, 2.45) is 0 Å². The van der Waals surface area contributed by atoms with Gasteiger partial charge in [0.05, 0.1) is 7.11 Å². The Hall–Kier alpha value is -2.77. The Kier molecular flexibility index (Phi) is 7.04. The second-order valence-corrected chi connectivity index (χ2v) is 6.72. The molecule has 8 nitrogen and oxygen atoms in total. The fraction of sp³-hybridized carbons (Fsp3) is 0.526. The Labute approximate surface area is 158 Å². The SMILES string of the molecule is COc1cc(C(=O)N2CCCC[C@@H]2C(=O)O)ccc1OCC(=O)NC(C)C. The number of benzene rings is 1. The van der Waals surface area contributed by atoms with Crippen molar-refractivity contribution < 1.29 is 29.0 Å². The van der Waals surface area contributed by atoms with Gasteiger partial charge >= 0.3 is 5.97 Å². The number of ether oxygens (including phenoxy) is 2. The van der Waals surface area contributed by atoms with E-state index in [1.54, 1.807) is 12.1 Å². The number of hydrogen-bond donors (Lipinski definition) is 2. The lowest BCUT2D eigenvalue weighted by Gasteiger charge is -2.33. The van der Waals surface area contributed by atoms with Crippen molar-refractivity contribution in [1.29, 1.82) is 0 Å². The van der Waals surface area contributed by atoms with E-state index < -0.39 is 12.0 Å².